The number of carbonyl (C=O) groups is 5. The highest BCUT2D eigenvalue weighted by Gasteiger charge is 2.31. The summed E-state index contributed by atoms with van der Waals surface area (Å²) in [6.45, 7) is 5.55. The number of rotatable bonds is 11. The Morgan fingerprint density at radius 2 is 1.76 bits per heavy atom. The van der Waals surface area contributed by atoms with Gasteiger partial charge in [-0.05, 0) is 32.2 Å². The molecule has 0 radical (unpaired) electrons. The van der Waals surface area contributed by atoms with Crippen molar-refractivity contribution in [3.63, 3.8) is 0 Å². The fourth-order valence-corrected chi connectivity index (χ4v) is 2.93. The maximum absolute atomic E-state index is 12.5. The third-order valence-corrected chi connectivity index (χ3v) is 4.94. The molecule has 1 fully saturated rings. The number of nitrogens with one attached hydrogen (secondary N) is 4. The quantitative estimate of drug-likeness (QED) is 0.231. The van der Waals surface area contributed by atoms with Crippen LogP contribution in [0.3, 0.4) is 0 Å². The minimum Gasteiger partial charge on any atom is -0.480 e. The van der Waals surface area contributed by atoms with Gasteiger partial charge in [0.2, 0.25) is 23.6 Å². The third kappa shape index (κ3) is 7.68. The maximum atomic E-state index is 12.5. The van der Waals surface area contributed by atoms with Crippen molar-refractivity contribution in [2.75, 3.05) is 6.54 Å². The second kappa shape index (κ2) is 11.3. The molecule has 0 aromatic rings. The van der Waals surface area contributed by atoms with E-state index < -0.39 is 60.2 Å². The molecule has 164 valence electrons. The highest BCUT2D eigenvalue weighted by molar-refractivity contribution is 5.96. The van der Waals surface area contributed by atoms with E-state index in [-0.39, 0.29) is 5.92 Å². The average Bonchev–Trinajstić information content (AvgIpc) is 3.18. The Morgan fingerprint density at radius 1 is 1.10 bits per heavy atom. The van der Waals surface area contributed by atoms with E-state index in [0.29, 0.717) is 19.4 Å². The zero-order valence-corrected chi connectivity index (χ0v) is 17.0. The van der Waals surface area contributed by atoms with Crippen molar-refractivity contribution in [1.29, 1.82) is 0 Å². The molecule has 5 unspecified atom stereocenters. The molecule has 11 heteroatoms. The summed E-state index contributed by atoms with van der Waals surface area (Å²) in [5.41, 5.74) is 5.17. The Morgan fingerprint density at radius 3 is 2.24 bits per heavy atom. The number of carbonyl (C=O) groups excluding carboxylic acids is 4. The number of carboxylic acid groups (broad SMARTS) is 1. The minimum atomic E-state index is -1.23. The molecule has 1 rings (SSSR count). The van der Waals surface area contributed by atoms with Gasteiger partial charge in [0.1, 0.15) is 18.1 Å². The lowest BCUT2D eigenvalue weighted by atomic mass is 9.99. The number of nitrogens with two attached hydrogens (primary N) is 1. The lowest BCUT2D eigenvalue weighted by molar-refractivity contribution is -0.143. The molecule has 0 aromatic heterocycles. The molecule has 0 aromatic carbocycles. The van der Waals surface area contributed by atoms with Crippen LogP contribution in [0.1, 0.15) is 46.5 Å². The first-order valence-electron chi connectivity index (χ1n) is 9.72. The Bertz CT molecular complexity index is 634. The van der Waals surface area contributed by atoms with Crippen LogP contribution in [-0.4, -0.2) is 65.4 Å². The van der Waals surface area contributed by atoms with Crippen LogP contribution in [0.25, 0.3) is 0 Å². The third-order valence-electron chi connectivity index (χ3n) is 4.94. The van der Waals surface area contributed by atoms with E-state index in [4.69, 9.17) is 5.73 Å². The van der Waals surface area contributed by atoms with Gasteiger partial charge >= 0.3 is 5.97 Å². The van der Waals surface area contributed by atoms with E-state index in [1.165, 1.54) is 6.92 Å². The van der Waals surface area contributed by atoms with Crippen molar-refractivity contribution < 1.29 is 29.1 Å². The predicted octanol–water partition coefficient (Wildman–Crippen LogP) is -1.78. The molecule has 11 nitrogen and oxygen atoms in total. The van der Waals surface area contributed by atoms with Crippen molar-refractivity contribution in [3.8, 4) is 0 Å². The first kappa shape index (κ1) is 24.3. The number of primary amides is 1. The maximum Gasteiger partial charge on any atom is 0.326 e. The fourth-order valence-electron chi connectivity index (χ4n) is 2.93. The molecule has 4 amide bonds. The van der Waals surface area contributed by atoms with E-state index in [9.17, 15) is 29.1 Å². The Hall–Kier alpha value is -2.69. The molecule has 29 heavy (non-hydrogen) atoms. The van der Waals surface area contributed by atoms with Gasteiger partial charge < -0.3 is 32.1 Å². The first-order valence-corrected chi connectivity index (χ1v) is 9.72. The number of hydrogen-bond acceptors (Lipinski definition) is 6. The zero-order chi connectivity index (χ0) is 22.1. The van der Waals surface area contributed by atoms with E-state index in [2.05, 4.69) is 21.3 Å². The lowest BCUT2D eigenvalue weighted by Gasteiger charge is -2.24. The summed E-state index contributed by atoms with van der Waals surface area (Å²) in [6, 6.07) is -3.86. The number of hydrogen-bond donors (Lipinski definition) is 6. The van der Waals surface area contributed by atoms with Crippen LogP contribution in [0, 0.1) is 5.92 Å². The minimum absolute atomic E-state index is 0.305. The Kier molecular flexibility index (Phi) is 9.53. The second-order valence-corrected chi connectivity index (χ2v) is 7.32. The lowest BCUT2D eigenvalue weighted by Crippen LogP contribution is -2.57. The van der Waals surface area contributed by atoms with Crippen LogP contribution >= 0.6 is 0 Å². The SMILES string of the molecule is CCC(C)C(NC(=O)C(C)NC(=O)C(CC(N)=O)NC(=O)C1CCCN1)C(=O)O. The van der Waals surface area contributed by atoms with Gasteiger partial charge in [-0.25, -0.2) is 4.79 Å². The van der Waals surface area contributed by atoms with Crippen LogP contribution in [-0.2, 0) is 24.0 Å². The highest BCUT2D eigenvalue weighted by atomic mass is 16.4. The van der Waals surface area contributed by atoms with Gasteiger partial charge in [0.05, 0.1) is 12.5 Å². The molecule has 1 heterocycles. The van der Waals surface area contributed by atoms with Gasteiger partial charge in [-0.15, -0.1) is 0 Å². The Labute approximate surface area is 169 Å². The molecule has 0 bridgehead atoms. The monoisotopic (exact) mass is 413 g/mol. The summed E-state index contributed by atoms with van der Waals surface area (Å²) in [5.74, 6) is -4.14. The summed E-state index contributed by atoms with van der Waals surface area (Å²) >= 11 is 0. The topological polar surface area (TPSA) is 180 Å². The molecule has 1 saturated heterocycles. The molecule has 0 saturated carbocycles. The van der Waals surface area contributed by atoms with Crippen LogP contribution in [0.5, 0.6) is 0 Å². The first-order chi connectivity index (χ1) is 13.6. The Balaban J connectivity index is 2.73. The molecule has 5 atom stereocenters. The van der Waals surface area contributed by atoms with Gasteiger partial charge in [0, 0.05) is 0 Å². The normalized spacial score (nSPS) is 20.0. The van der Waals surface area contributed by atoms with Crippen LogP contribution < -0.4 is 27.0 Å². The molecule has 0 aliphatic carbocycles. The van der Waals surface area contributed by atoms with E-state index in [1.54, 1.807) is 13.8 Å². The second-order valence-electron chi connectivity index (χ2n) is 7.32. The van der Waals surface area contributed by atoms with Gasteiger partial charge in [-0.1, -0.05) is 20.3 Å². The van der Waals surface area contributed by atoms with Crippen LogP contribution in [0.2, 0.25) is 0 Å². The molecule has 1 aliphatic heterocycles. The smallest absolute Gasteiger partial charge is 0.326 e. The van der Waals surface area contributed by atoms with Crippen molar-refractivity contribution >= 4 is 29.6 Å². The highest BCUT2D eigenvalue weighted by Crippen LogP contribution is 2.09. The molecule has 0 spiro atoms. The number of amides is 4. The van der Waals surface area contributed by atoms with Gasteiger partial charge in [-0.2, -0.15) is 0 Å². The van der Waals surface area contributed by atoms with Gasteiger partial charge in [0.25, 0.3) is 0 Å². The van der Waals surface area contributed by atoms with Crippen molar-refractivity contribution in [3.05, 3.63) is 0 Å². The summed E-state index contributed by atoms with van der Waals surface area (Å²) in [5, 5.41) is 19.5. The molecular formula is C18H31N5O6. The predicted molar refractivity (Wildman–Crippen MR) is 103 cm³/mol. The van der Waals surface area contributed by atoms with E-state index in [0.717, 1.165) is 6.42 Å². The average molecular weight is 413 g/mol. The van der Waals surface area contributed by atoms with Crippen molar-refractivity contribution in [1.82, 2.24) is 21.3 Å². The zero-order valence-electron chi connectivity index (χ0n) is 17.0. The largest absolute Gasteiger partial charge is 0.480 e. The molecule has 7 N–H and O–H groups in total. The summed E-state index contributed by atoms with van der Waals surface area (Å²) < 4.78 is 0. The fraction of sp³-hybridized carbons (Fsp3) is 0.722. The van der Waals surface area contributed by atoms with E-state index >= 15 is 0 Å². The molecular weight excluding hydrogens is 382 g/mol. The van der Waals surface area contributed by atoms with Gasteiger partial charge in [0.15, 0.2) is 0 Å². The standard InChI is InChI=1S/C18H31N5O6/c1-4-9(2)14(18(28)29)23-15(25)10(3)21-17(27)12(8-13(19)24)22-16(26)11-6-5-7-20-11/h9-12,14,20H,4-8H2,1-3H3,(H2,19,24)(H,21,27)(H,22,26)(H,23,25)(H,28,29). The van der Waals surface area contributed by atoms with Crippen LogP contribution in [0.15, 0.2) is 0 Å². The summed E-state index contributed by atoms with van der Waals surface area (Å²) in [7, 11) is 0. The summed E-state index contributed by atoms with van der Waals surface area (Å²) in [6.07, 6.45) is 1.55. The molecule has 1 aliphatic rings. The van der Waals surface area contributed by atoms with Crippen molar-refractivity contribution in [2.45, 2.75) is 70.6 Å². The number of carboxylic acids is 1. The van der Waals surface area contributed by atoms with Crippen LogP contribution in [0.4, 0.5) is 0 Å². The van der Waals surface area contributed by atoms with Gasteiger partial charge in [-0.3, -0.25) is 19.2 Å². The number of aliphatic carboxylic acids is 1. The summed E-state index contributed by atoms with van der Waals surface area (Å²) in [4.78, 5) is 59.7. The van der Waals surface area contributed by atoms with Crippen molar-refractivity contribution in [2.24, 2.45) is 11.7 Å². The van der Waals surface area contributed by atoms with E-state index in [1.807, 2.05) is 0 Å².